The molecule has 1 aliphatic heterocycles. The number of likely N-dealkylation sites (tertiary alicyclic amines) is 1. The summed E-state index contributed by atoms with van der Waals surface area (Å²) in [5.74, 6) is -0.152. The number of benzene rings is 2. The van der Waals surface area contributed by atoms with Crippen molar-refractivity contribution in [2.24, 2.45) is 0 Å². The van der Waals surface area contributed by atoms with Crippen molar-refractivity contribution in [1.82, 2.24) is 14.5 Å². The number of carbonyl (C=O) groups excluding carboxylic acids is 1. The summed E-state index contributed by atoms with van der Waals surface area (Å²) in [6, 6.07) is 12.9. The fraction of sp³-hybridized carbons (Fsp3) is 0.300. The van der Waals surface area contributed by atoms with Gasteiger partial charge in [-0.2, -0.15) is 13.2 Å². The van der Waals surface area contributed by atoms with Crippen molar-refractivity contribution in [3.63, 3.8) is 0 Å². The fourth-order valence-corrected chi connectivity index (χ4v) is 3.61. The zero-order chi connectivity index (χ0) is 19.0. The molecule has 1 aliphatic rings. The molecule has 7 heteroatoms. The van der Waals surface area contributed by atoms with E-state index in [2.05, 4.69) is 9.55 Å². The van der Waals surface area contributed by atoms with Crippen LogP contribution in [0, 0.1) is 0 Å². The molecular weight excluding hydrogens is 355 g/mol. The van der Waals surface area contributed by atoms with Gasteiger partial charge in [0.2, 0.25) is 5.91 Å². The van der Waals surface area contributed by atoms with E-state index in [0.29, 0.717) is 18.7 Å². The van der Waals surface area contributed by atoms with E-state index in [-0.39, 0.29) is 18.4 Å². The first-order valence-electron chi connectivity index (χ1n) is 8.77. The number of nitrogens with zero attached hydrogens (tertiary/aromatic N) is 3. The summed E-state index contributed by atoms with van der Waals surface area (Å²) in [5, 5.41) is 0. The maximum atomic E-state index is 12.8. The van der Waals surface area contributed by atoms with Gasteiger partial charge in [0, 0.05) is 13.1 Å². The van der Waals surface area contributed by atoms with Gasteiger partial charge in [0.05, 0.1) is 35.4 Å². The lowest BCUT2D eigenvalue weighted by molar-refractivity contribution is -0.138. The van der Waals surface area contributed by atoms with Gasteiger partial charge in [0.15, 0.2) is 0 Å². The van der Waals surface area contributed by atoms with Crippen LogP contribution in [-0.4, -0.2) is 33.4 Å². The normalized spacial score (nSPS) is 17.6. The topological polar surface area (TPSA) is 38.1 Å². The van der Waals surface area contributed by atoms with Crippen molar-refractivity contribution in [1.29, 1.82) is 0 Å². The second-order valence-electron chi connectivity index (χ2n) is 6.80. The zero-order valence-corrected chi connectivity index (χ0v) is 14.5. The Morgan fingerprint density at radius 1 is 1.15 bits per heavy atom. The Morgan fingerprint density at radius 3 is 2.78 bits per heavy atom. The number of hydrogen-bond acceptors (Lipinski definition) is 2. The van der Waals surface area contributed by atoms with Crippen molar-refractivity contribution in [2.75, 3.05) is 13.1 Å². The van der Waals surface area contributed by atoms with E-state index in [1.54, 1.807) is 17.3 Å². The van der Waals surface area contributed by atoms with Gasteiger partial charge in [-0.3, -0.25) is 4.79 Å². The van der Waals surface area contributed by atoms with E-state index in [1.807, 2.05) is 24.3 Å². The highest BCUT2D eigenvalue weighted by Crippen LogP contribution is 2.30. The molecule has 1 saturated heterocycles. The summed E-state index contributed by atoms with van der Waals surface area (Å²) in [6.45, 7) is 1.13. The van der Waals surface area contributed by atoms with Crippen LogP contribution in [0.3, 0.4) is 0 Å². The Kier molecular flexibility index (Phi) is 4.37. The Hall–Kier alpha value is -2.83. The summed E-state index contributed by atoms with van der Waals surface area (Å²) in [7, 11) is 0. The molecule has 0 radical (unpaired) electrons. The molecule has 0 bridgehead atoms. The minimum absolute atomic E-state index is 0.0265. The van der Waals surface area contributed by atoms with Gasteiger partial charge in [-0.25, -0.2) is 4.98 Å². The highest BCUT2D eigenvalue weighted by Gasteiger charge is 2.31. The predicted octanol–water partition coefficient (Wildman–Crippen LogP) is 4.07. The van der Waals surface area contributed by atoms with Gasteiger partial charge >= 0.3 is 6.18 Å². The molecule has 1 atom stereocenters. The first kappa shape index (κ1) is 17.6. The number of fused-ring (bicyclic) bond motifs is 1. The molecule has 140 valence electrons. The number of hydrogen-bond donors (Lipinski definition) is 0. The van der Waals surface area contributed by atoms with E-state index in [1.165, 1.54) is 6.07 Å². The second kappa shape index (κ2) is 6.72. The van der Waals surface area contributed by atoms with Crippen molar-refractivity contribution >= 4 is 16.9 Å². The molecular formula is C20H18F3N3O. The van der Waals surface area contributed by atoms with E-state index < -0.39 is 11.7 Å². The van der Waals surface area contributed by atoms with Crippen LogP contribution in [0.25, 0.3) is 11.0 Å². The van der Waals surface area contributed by atoms with Crippen LogP contribution in [0.4, 0.5) is 13.2 Å². The van der Waals surface area contributed by atoms with Crippen molar-refractivity contribution in [3.05, 3.63) is 66.0 Å². The van der Waals surface area contributed by atoms with Gasteiger partial charge in [-0.15, -0.1) is 0 Å². The largest absolute Gasteiger partial charge is 0.416 e. The lowest BCUT2D eigenvalue weighted by Gasteiger charge is -2.18. The molecule has 2 heterocycles. The summed E-state index contributed by atoms with van der Waals surface area (Å²) in [6.07, 6.45) is -1.84. The van der Waals surface area contributed by atoms with E-state index in [0.717, 1.165) is 29.6 Å². The van der Waals surface area contributed by atoms with Crippen LogP contribution in [0.15, 0.2) is 54.9 Å². The molecule has 0 saturated carbocycles. The first-order valence-corrected chi connectivity index (χ1v) is 8.77. The minimum Gasteiger partial charge on any atom is -0.340 e. The zero-order valence-electron chi connectivity index (χ0n) is 14.5. The Labute approximate surface area is 154 Å². The number of alkyl halides is 3. The van der Waals surface area contributed by atoms with Gasteiger partial charge in [0.1, 0.15) is 0 Å². The quantitative estimate of drug-likeness (QED) is 0.694. The third-order valence-corrected chi connectivity index (χ3v) is 5.00. The first-order chi connectivity index (χ1) is 12.9. The predicted molar refractivity (Wildman–Crippen MR) is 95.1 cm³/mol. The number of rotatable bonds is 3. The average molecular weight is 373 g/mol. The van der Waals surface area contributed by atoms with Gasteiger partial charge in [0.25, 0.3) is 0 Å². The van der Waals surface area contributed by atoms with Crippen LogP contribution >= 0.6 is 0 Å². The lowest BCUT2D eigenvalue weighted by Crippen LogP contribution is -2.30. The molecule has 1 fully saturated rings. The number of halogens is 3. The van der Waals surface area contributed by atoms with Crippen LogP contribution in [0.1, 0.15) is 23.6 Å². The van der Waals surface area contributed by atoms with Gasteiger partial charge in [-0.1, -0.05) is 30.3 Å². The van der Waals surface area contributed by atoms with Crippen LogP contribution < -0.4 is 0 Å². The average Bonchev–Trinajstić information content (AvgIpc) is 3.28. The van der Waals surface area contributed by atoms with Crippen LogP contribution in [0.5, 0.6) is 0 Å². The molecule has 0 aliphatic carbocycles. The monoisotopic (exact) mass is 373 g/mol. The smallest absolute Gasteiger partial charge is 0.340 e. The number of aromatic nitrogens is 2. The molecule has 4 rings (SSSR count). The fourth-order valence-electron chi connectivity index (χ4n) is 3.61. The van der Waals surface area contributed by atoms with Crippen molar-refractivity contribution in [3.8, 4) is 0 Å². The van der Waals surface area contributed by atoms with E-state index in [4.69, 9.17) is 0 Å². The Balaban J connectivity index is 1.45. The molecule has 3 aromatic rings. The Bertz CT molecular complexity index is 980. The van der Waals surface area contributed by atoms with E-state index >= 15 is 0 Å². The standard InChI is InChI=1S/C20H18F3N3O/c21-20(22,23)15-5-3-4-14(10-15)11-19(27)25-9-8-16(12-25)26-13-24-17-6-1-2-7-18(17)26/h1-7,10,13,16H,8-9,11-12H2/t16-/m0/s1. The van der Waals surface area contributed by atoms with Crippen molar-refractivity contribution < 1.29 is 18.0 Å². The molecule has 4 nitrogen and oxygen atoms in total. The summed E-state index contributed by atoms with van der Waals surface area (Å²) < 4.78 is 40.6. The number of carbonyl (C=O) groups is 1. The molecule has 1 amide bonds. The van der Waals surface area contributed by atoms with Crippen molar-refractivity contribution in [2.45, 2.75) is 25.1 Å². The molecule has 0 spiro atoms. The van der Waals surface area contributed by atoms with Crippen LogP contribution in [0.2, 0.25) is 0 Å². The van der Waals surface area contributed by atoms with E-state index in [9.17, 15) is 18.0 Å². The maximum absolute atomic E-state index is 12.8. The van der Waals surface area contributed by atoms with Crippen LogP contribution in [-0.2, 0) is 17.4 Å². The van der Waals surface area contributed by atoms with Gasteiger partial charge in [-0.05, 0) is 30.2 Å². The number of imidazole rings is 1. The molecule has 2 aromatic carbocycles. The lowest BCUT2D eigenvalue weighted by atomic mass is 10.1. The summed E-state index contributed by atoms with van der Waals surface area (Å²) in [5.41, 5.74) is 1.59. The highest BCUT2D eigenvalue weighted by atomic mass is 19.4. The molecule has 27 heavy (non-hydrogen) atoms. The number of amides is 1. The second-order valence-corrected chi connectivity index (χ2v) is 6.80. The highest BCUT2D eigenvalue weighted by molar-refractivity contribution is 5.79. The number of para-hydroxylation sites is 2. The summed E-state index contributed by atoms with van der Waals surface area (Å²) in [4.78, 5) is 18.7. The van der Waals surface area contributed by atoms with Gasteiger partial charge < -0.3 is 9.47 Å². The third-order valence-electron chi connectivity index (χ3n) is 5.00. The minimum atomic E-state index is -4.40. The SMILES string of the molecule is O=C(Cc1cccc(C(F)(F)F)c1)N1CC[C@H](n2cnc3ccccc32)C1. The molecule has 0 N–H and O–H groups in total. The maximum Gasteiger partial charge on any atom is 0.416 e. The molecule has 1 aromatic heterocycles. The third kappa shape index (κ3) is 3.54. The molecule has 0 unspecified atom stereocenters. The Morgan fingerprint density at radius 2 is 1.96 bits per heavy atom. The summed E-state index contributed by atoms with van der Waals surface area (Å²) >= 11 is 0.